The Bertz CT molecular complexity index is 527. The highest BCUT2D eigenvalue weighted by atomic mass is 79.9. The summed E-state index contributed by atoms with van der Waals surface area (Å²) in [5.74, 6) is -0.284. The number of hydrogen-bond donors (Lipinski definition) is 0. The Labute approximate surface area is 115 Å². The van der Waals surface area contributed by atoms with Gasteiger partial charge in [-0.05, 0) is 40.5 Å². The Balaban J connectivity index is 2.37. The van der Waals surface area contributed by atoms with Gasteiger partial charge < -0.3 is 0 Å². The smallest absolute Gasteiger partial charge is 0.124 e. The van der Waals surface area contributed by atoms with E-state index in [-0.39, 0.29) is 10.6 Å². The third-order valence-electron chi connectivity index (χ3n) is 2.35. The van der Waals surface area contributed by atoms with Crippen LogP contribution in [0, 0.1) is 5.82 Å². The van der Waals surface area contributed by atoms with Gasteiger partial charge >= 0.3 is 0 Å². The topological polar surface area (TPSA) is 30.7 Å². The zero-order valence-corrected chi connectivity index (χ0v) is 12.2. The molecule has 2 rings (SSSR count). The second kappa shape index (κ2) is 5.27. The fraction of sp³-hybridized carbons (Fsp3) is 0.273. The van der Waals surface area contributed by atoms with Gasteiger partial charge in [-0.15, -0.1) is 5.10 Å². The highest BCUT2D eigenvalue weighted by Crippen LogP contribution is 2.26. The van der Waals surface area contributed by atoms with Crippen molar-refractivity contribution in [1.82, 2.24) is 15.0 Å². The summed E-state index contributed by atoms with van der Waals surface area (Å²) in [6.45, 7) is 2.06. The summed E-state index contributed by atoms with van der Waals surface area (Å²) in [6, 6.07) is 4.46. The predicted molar refractivity (Wildman–Crippen MR) is 71.0 cm³/mol. The minimum Gasteiger partial charge on any atom is -0.219 e. The Hall–Kier alpha value is -0.750. The summed E-state index contributed by atoms with van der Waals surface area (Å²) in [4.78, 5) is 0.190. The molecule has 0 aliphatic heterocycles. The highest BCUT2D eigenvalue weighted by molar-refractivity contribution is 9.10. The van der Waals surface area contributed by atoms with E-state index in [1.807, 2.05) is 6.20 Å². The first-order chi connectivity index (χ1) is 8.11. The quantitative estimate of drug-likeness (QED) is 0.772. The molecule has 0 N–H and O–H groups in total. The largest absolute Gasteiger partial charge is 0.219 e. The van der Waals surface area contributed by atoms with Crippen molar-refractivity contribution in [1.29, 1.82) is 0 Å². The lowest BCUT2D eigenvalue weighted by Gasteiger charge is -2.03. The van der Waals surface area contributed by atoms with Crippen LogP contribution in [0.3, 0.4) is 0 Å². The molecule has 2 aromatic rings. The van der Waals surface area contributed by atoms with Gasteiger partial charge in [0, 0.05) is 4.47 Å². The minimum atomic E-state index is -0.284. The van der Waals surface area contributed by atoms with Crippen molar-refractivity contribution >= 4 is 31.9 Å². The zero-order chi connectivity index (χ0) is 12.4. The lowest BCUT2D eigenvalue weighted by molar-refractivity contribution is 0.625. The van der Waals surface area contributed by atoms with Gasteiger partial charge in [0.05, 0.1) is 22.4 Å². The molecule has 3 nitrogen and oxygen atoms in total. The molecule has 0 radical (unpaired) electrons. The number of nitrogens with zero attached hydrogens (tertiary/aromatic N) is 3. The van der Waals surface area contributed by atoms with Crippen LogP contribution in [0.5, 0.6) is 0 Å². The predicted octanol–water partition coefficient (Wildman–Crippen LogP) is 4.01. The molecule has 0 bridgehead atoms. The molecule has 0 aliphatic rings. The van der Waals surface area contributed by atoms with E-state index < -0.39 is 0 Å². The highest BCUT2D eigenvalue weighted by Gasteiger charge is 2.12. The first kappa shape index (κ1) is 12.7. The minimum absolute atomic E-state index is 0.190. The monoisotopic (exact) mass is 361 g/mol. The van der Waals surface area contributed by atoms with E-state index >= 15 is 0 Å². The summed E-state index contributed by atoms with van der Waals surface area (Å²) in [6.07, 6.45) is 2.77. The van der Waals surface area contributed by atoms with Crippen molar-refractivity contribution in [3.63, 3.8) is 0 Å². The van der Waals surface area contributed by atoms with E-state index in [4.69, 9.17) is 0 Å². The standard InChI is InChI=1S/C11H10Br2FN3/c1-2-8(12)10-6-17(16-15-10)11-4-3-7(14)5-9(11)13/h3-6,8H,2H2,1H3. The van der Waals surface area contributed by atoms with Crippen LogP contribution in [-0.4, -0.2) is 15.0 Å². The molecule has 1 atom stereocenters. The molecule has 0 amide bonds. The maximum absolute atomic E-state index is 13.0. The molecule has 0 fully saturated rings. The first-order valence-corrected chi connectivity index (χ1v) is 6.84. The molecule has 6 heteroatoms. The van der Waals surface area contributed by atoms with Crippen LogP contribution >= 0.6 is 31.9 Å². The van der Waals surface area contributed by atoms with Crippen LogP contribution in [0.1, 0.15) is 23.9 Å². The van der Waals surface area contributed by atoms with Crippen LogP contribution in [0.2, 0.25) is 0 Å². The summed E-state index contributed by atoms with van der Waals surface area (Å²) >= 11 is 6.82. The van der Waals surface area contributed by atoms with Crippen LogP contribution in [0.4, 0.5) is 4.39 Å². The number of alkyl halides is 1. The van der Waals surface area contributed by atoms with E-state index in [0.29, 0.717) is 4.47 Å². The lowest BCUT2D eigenvalue weighted by atomic mass is 10.3. The average Bonchev–Trinajstić information content (AvgIpc) is 2.77. The third-order valence-corrected chi connectivity index (χ3v) is 4.10. The molecule has 0 aliphatic carbocycles. The molecule has 17 heavy (non-hydrogen) atoms. The maximum Gasteiger partial charge on any atom is 0.124 e. The van der Waals surface area contributed by atoms with Gasteiger partial charge in [0.25, 0.3) is 0 Å². The van der Waals surface area contributed by atoms with Gasteiger partial charge in [-0.2, -0.15) is 0 Å². The Kier molecular flexibility index (Phi) is 3.93. The second-order valence-corrected chi connectivity index (χ2v) is 5.52. The van der Waals surface area contributed by atoms with Crippen LogP contribution in [-0.2, 0) is 0 Å². The van der Waals surface area contributed by atoms with Crippen molar-refractivity contribution < 1.29 is 4.39 Å². The fourth-order valence-electron chi connectivity index (χ4n) is 1.41. The maximum atomic E-state index is 13.0. The zero-order valence-electron chi connectivity index (χ0n) is 9.07. The Morgan fingerprint density at radius 2 is 2.24 bits per heavy atom. The normalized spacial score (nSPS) is 12.7. The Morgan fingerprint density at radius 3 is 2.88 bits per heavy atom. The van der Waals surface area contributed by atoms with Crippen LogP contribution in [0.15, 0.2) is 28.9 Å². The molecule has 0 saturated heterocycles. The molecule has 1 heterocycles. The van der Waals surface area contributed by atoms with E-state index in [1.165, 1.54) is 12.1 Å². The van der Waals surface area contributed by atoms with Crippen molar-refractivity contribution in [2.75, 3.05) is 0 Å². The molecule has 0 saturated carbocycles. The summed E-state index contributed by atoms with van der Waals surface area (Å²) in [7, 11) is 0. The molecular weight excluding hydrogens is 353 g/mol. The summed E-state index contributed by atoms with van der Waals surface area (Å²) < 4.78 is 15.2. The molecule has 1 unspecified atom stereocenters. The van der Waals surface area contributed by atoms with Crippen molar-refractivity contribution in [3.8, 4) is 5.69 Å². The number of hydrogen-bond acceptors (Lipinski definition) is 2. The second-order valence-electron chi connectivity index (χ2n) is 3.56. The van der Waals surface area contributed by atoms with Gasteiger partial charge in [0.1, 0.15) is 5.82 Å². The van der Waals surface area contributed by atoms with Gasteiger partial charge in [-0.1, -0.05) is 28.1 Å². The Morgan fingerprint density at radius 1 is 1.47 bits per heavy atom. The van der Waals surface area contributed by atoms with Crippen molar-refractivity contribution in [2.45, 2.75) is 18.2 Å². The van der Waals surface area contributed by atoms with E-state index in [2.05, 4.69) is 49.1 Å². The summed E-state index contributed by atoms with van der Waals surface area (Å²) in [5.41, 5.74) is 1.63. The van der Waals surface area contributed by atoms with Crippen LogP contribution < -0.4 is 0 Å². The van der Waals surface area contributed by atoms with E-state index in [1.54, 1.807) is 10.7 Å². The first-order valence-electron chi connectivity index (χ1n) is 5.13. The average molecular weight is 363 g/mol. The van der Waals surface area contributed by atoms with Crippen molar-refractivity contribution in [3.05, 3.63) is 40.4 Å². The third kappa shape index (κ3) is 2.74. The number of aromatic nitrogens is 3. The van der Waals surface area contributed by atoms with Gasteiger partial charge in [0.2, 0.25) is 0 Å². The number of benzene rings is 1. The van der Waals surface area contributed by atoms with Gasteiger partial charge in [-0.25, -0.2) is 9.07 Å². The van der Waals surface area contributed by atoms with E-state index in [0.717, 1.165) is 17.8 Å². The molecule has 1 aromatic carbocycles. The molecule has 0 spiro atoms. The molecule has 1 aromatic heterocycles. The summed E-state index contributed by atoms with van der Waals surface area (Å²) in [5, 5.41) is 8.11. The molecule has 90 valence electrons. The number of rotatable bonds is 3. The SMILES string of the molecule is CCC(Br)c1cn(-c2ccc(F)cc2Br)nn1. The number of halogens is 3. The van der Waals surface area contributed by atoms with E-state index in [9.17, 15) is 4.39 Å². The lowest BCUT2D eigenvalue weighted by Crippen LogP contribution is -1.96. The van der Waals surface area contributed by atoms with Crippen LogP contribution in [0.25, 0.3) is 5.69 Å². The van der Waals surface area contributed by atoms with Crippen molar-refractivity contribution in [2.24, 2.45) is 0 Å². The fourth-order valence-corrected chi connectivity index (χ4v) is 2.16. The van der Waals surface area contributed by atoms with Gasteiger partial charge in [0.15, 0.2) is 0 Å². The van der Waals surface area contributed by atoms with Gasteiger partial charge in [-0.3, -0.25) is 0 Å². The molecular formula is C11H10Br2FN3.